The van der Waals surface area contributed by atoms with Crippen molar-refractivity contribution in [3.63, 3.8) is 0 Å². The highest BCUT2D eigenvalue weighted by molar-refractivity contribution is 6.35. The monoisotopic (exact) mass is 355 g/mol. The van der Waals surface area contributed by atoms with E-state index in [1.54, 1.807) is 12.1 Å². The maximum atomic E-state index is 11.8. The summed E-state index contributed by atoms with van der Waals surface area (Å²) in [4.78, 5) is 21.9. The van der Waals surface area contributed by atoms with Crippen LogP contribution in [0, 0.1) is 10.1 Å². The molecule has 0 amide bonds. The highest BCUT2D eigenvalue weighted by Gasteiger charge is 2.12. The van der Waals surface area contributed by atoms with Crippen LogP contribution in [-0.4, -0.2) is 24.1 Å². The number of benzene rings is 2. The van der Waals surface area contributed by atoms with Gasteiger partial charge in [-0.25, -0.2) is 4.79 Å². The van der Waals surface area contributed by atoms with Gasteiger partial charge in [-0.3, -0.25) is 10.1 Å². The molecule has 0 bridgehead atoms. The number of ether oxygens (including phenoxy) is 2. The van der Waals surface area contributed by atoms with Gasteiger partial charge in [-0.2, -0.15) is 0 Å². The molecule has 2 aromatic carbocycles. The number of nitro groups is 1. The summed E-state index contributed by atoms with van der Waals surface area (Å²) < 4.78 is 10.4. The third-order valence-corrected chi connectivity index (χ3v) is 3.29. The molecule has 120 valence electrons. The number of halogens is 2. The van der Waals surface area contributed by atoms with Crippen LogP contribution in [0.15, 0.2) is 42.5 Å². The Bertz CT molecular complexity index is 736. The maximum Gasteiger partial charge on any atom is 0.338 e. The van der Waals surface area contributed by atoms with Gasteiger partial charge in [0, 0.05) is 17.2 Å². The van der Waals surface area contributed by atoms with Gasteiger partial charge in [0.15, 0.2) is 0 Å². The van der Waals surface area contributed by atoms with Gasteiger partial charge in [-0.1, -0.05) is 29.3 Å². The molecule has 0 heterocycles. The van der Waals surface area contributed by atoms with E-state index in [9.17, 15) is 14.9 Å². The van der Waals surface area contributed by atoms with Crippen LogP contribution in [0.5, 0.6) is 5.75 Å². The summed E-state index contributed by atoms with van der Waals surface area (Å²) in [6.45, 7) is 0.0580. The molecule has 2 rings (SSSR count). The number of hydrogen-bond donors (Lipinski definition) is 0. The van der Waals surface area contributed by atoms with Crippen molar-refractivity contribution in [1.29, 1.82) is 0 Å². The molecule has 0 aliphatic rings. The fourth-order valence-electron chi connectivity index (χ4n) is 1.71. The van der Waals surface area contributed by atoms with Crippen LogP contribution in [-0.2, 0) is 4.74 Å². The molecule has 8 heteroatoms. The smallest absolute Gasteiger partial charge is 0.338 e. The molecule has 0 aromatic heterocycles. The topological polar surface area (TPSA) is 78.7 Å². The first-order valence-electron chi connectivity index (χ1n) is 6.47. The second-order valence-corrected chi connectivity index (χ2v) is 5.21. The zero-order chi connectivity index (χ0) is 16.8. The zero-order valence-corrected chi connectivity index (χ0v) is 13.2. The molecule has 0 fully saturated rings. The van der Waals surface area contributed by atoms with Crippen molar-refractivity contribution >= 4 is 34.9 Å². The average molecular weight is 356 g/mol. The number of nitro benzene ring substituents is 1. The minimum absolute atomic E-state index is 0.0273. The van der Waals surface area contributed by atoms with E-state index < -0.39 is 10.9 Å². The minimum Gasteiger partial charge on any atom is -0.488 e. The van der Waals surface area contributed by atoms with Gasteiger partial charge in [-0.05, 0) is 24.3 Å². The van der Waals surface area contributed by atoms with E-state index in [4.69, 9.17) is 32.7 Å². The quantitative estimate of drug-likeness (QED) is 0.336. The number of nitrogens with zero attached hydrogens (tertiary/aromatic N) is 1. The molecular formula is C15H11Cl2NO5. The van der Waals surface area contributed by atoms with Crippen molar-refractivity contribution < 1.29 is 19.2 Å². The molecule has 0 aliphatic heterocycles. The first-order valence-corrected chi connectivity index (χ1v) is 7.22. The average Bonchev–Trinajstić information content (AvgIpc) is 2.53. The van der Waals surface area contributed by atoms with Crippen LogP contribution in [0.4, 0.5) is 5.69 Å². The fraction of sp³-hybridized carbons (Fsp3) is 0.133. The number of carbonyl (C=O) groups is 1. The van der Waals surface area contributed by atoms with Gasteiger partial charge >= 0.3 is 5.97 Å². The molecule has 0 aliphatic carbocycles. The second-order valence-electron chi connectivity index (χ2n) is 4.37. The summed E-state index contributed by atoms with van der Waals surface area (Å²) >= 11 is 11.7. The van der Waals surface area contributed by atoms with E-state index in [1.165, 1.54) is 24.3 Å². The van der Waals surface area contributed by atoms with Gasteiger partial charge in [0.05, 0.1) is 15.5 Å². The summed E-state index contributed by atoms with van der Waals surface area (Å²) in [6, 6.07) is 10.1. The predicted molar refractivity (Wildman–Crippen MR) is 85.3 cm³/mol. The molecule has 23 heavy (non-hydrogen) atoms. The molecule has 2 aromatic rings. The normalized spacial score (nSPS) is 10.2. The first-order chi connectivity index (χ1) is 11.0. The fourth-order valence-corrected chi connectivity index (χ4v) is 2.17. The molecule has 0 atom stereocenters. The van der Waals surface area contributed by atoms with Crippen LogP contribution in [0.2, 0.25) is 10.0 Å². The van der Waals surface area contributed by atoms with E-state index in [0.717, 1.165) is 6.07 Å². The third kappa shape index (κ3) is 4.84. The van der Waals surface area contributed by atoms with Crippen LogP contribution in [0.1, 0.15) is 10.4 Å². The van der Waals surface area contributed by atoms with Crippen molar-refractivity contribution in [3.05, 3.63) is 68.2 Å². The molecular weight excluding hydrogens is 345 g/mol. The summed E-state index contributed by atoms with van der Waals surface area (Å²) in [5.74, 6) is -0.248. The van der Waals surface area contributed by atoms with Crippen molar-refractivity contribution in [2.75, 3.05) is 13.2 Å². The Hall–Kier alpha value is -2.31. The second kappa shape index (κ2) is 7.80. The highest BCUT2D eigenvalue weighted by atomic mass is 35.5. The SMILES string of the molecule is O=C(OCCOc1ccc(Cl)cc1Cl)c1cccc([N+](=O)[O-])c1. The van der Waals surface area contributed by atoms with Gasteiger partial charge in [-0.15, -0.1) is 0 Å². The van der Waals surface area contributed by atoms with Gasteiger partial charge in [0.25, 0.3) is 5.69 Å². The van der Waals surface area contributed by atoms with Crippen LogP contribution >= 0.6 is 23.2 Å². The highest BCUT2D eigenvalue weighted by Crippen LogP contribution is 2.27. The van der Waals surface area contributed by atoms with Crippen molar-refractivity contribution in [2.45, 2.75) is 0 Å². The predicted octanol–water partition coefficient (Wildman–Crippen LogP) is 4.14. The molecule has 0 spiro atoms. The van der Waals surface area contributed by atoms with E-state index in [1.807, 2.05) is 0 Å². The van der Waals surface area contributed by atoms with E-state index in [2.05, 4.69) is 0 Å². The Kier molecular flexibility index (Phi) is 5.78. The molecule has 0 saturated carbocycles. The summed E-state index contributed by atoms with van der Waals surface area (Å²) in [6.07, 6.45) is 0. The largest absolute Gasteiger partial charge is 0.488 e. The van der Waals surface area contributed by atoms with Crippen molar-refractivity contribution in [2.24, 2.45) is 0 Å². The molecule has 0 unspecified atom stereocenters. The summed E-state index contributed by atoms with van der Waals surface area (Å²) in [5, 5.41) is 11.5. The lowest BCUT2D eigenvalue weighted by Crippen LogP contribution is -2.12. The third-order valence-electron chi connectivity index (χ3n) is 2.76. The van der Waals surface area contributed by atoms with Gasteiger partial charge < -0.3 is 9.47 Å². The van der Waals surface area contributed by atoms with Crippen LogP contribution in [0.3, 0.4) is 0 Å². The summed E-state index contributed by atoms with van der Waals surface area (Å²) in [7, 11) is 0. The van der Waals surface area contributed by atoms with Gasteiger partial charge in [0.1, 0.15) is 19.0 Å². The van der Waals surface area contributed by atoms with E-state index >= 15 is 0 Å². The zero-order valence-electron chi connectivity index (χ0n) is 11.7. The maximum absolute atomic E-state index is 11.8. The minimum atomic E-state index is -0.667. The van der Waals surface area contributed by atoms with Crippen LogP contribution in [0.25, 0.3) is 0 Å². The lowest BCUT2D eigenvalue weighted by Gasteiger charge is -2.09. The Morgan fingerprint density at radius 2 is 1.91 bits per heavy atom. The number of esters is 1. The molecule has 0 radical (unpaired) electrons. The van der Waals surface area contributed by atoms with Gasteiger partial charge in [0.2, 0.25) is 0 Å². The standard InChI is InChI=1S/C15H11Cl2NO5/c16-11-4-5-14(13(17)9-11)22-6-7-23-15(19)10-2-1-3-12(8-10)18(20)21/h1-5,8-9H,6-7H2. The van der Waals surface area contributed by atoms with Crippen molar-refractivity contribution in [1.82, 2.24) is 0 Å². The Morgan fingerprint density at radius 3 is 2.61 bits per heavy atom. The van der Waals surface area contributed by atoms with Crippen LogP contribution < -0.4 is 4.74 Å². The Morgan fingerprint density at radius 1 is 1.13 bits per heavy atom. The van der Waals surface area contributed by atoms with Crippen molar-refractivity contribution in [3.8, 4) is 5.75 Å². The Balaban J connectivity index is 1.85. The van der Waals surface area contributed by atoms with E-state index in [-0.39, 0.29) is 24.5 Å². The lowest BCUT2D eigenvalue weighted by molar-refractivity contribution is -0.384. The molecule has 6 nitrogen and oxygen atoms in total. The molecule has 0 saturated heterocycles. The summed E-state index contributed by atoms with van der Waals surface area (Å²) in [5.41, 5.74) is -0.0765. The number of rotatable bonds is 6. The lowest BCUT2D eigenvalue weighted by atomic mass is 10.2. The van der Waals surface area contributed by atoms with E-state index in [0.29, 0.717) is 15.8 Å². The molecule has 0 N–H and O–H groups in total. The Labute approximate surface area is 141 Å². The number of hydrogen-bond acceptors (Lipinski definition) is 5. The number of carbonyl (C=O) groups excluding carboxylic acids is 1. The first kappa shape index (κ1) is 17.1. The number of non-ortho nitro benzene ring substituents is 1.